The maximum absolute atomic E-state index is 11.8. The largest absolute Gasteiger partial charge is 0.481 e. The van der Waals surface area contributed by atoms with Crippen LogP contribution in [0, 0.1) is 11.8 Å². The second-order valence-corrected chi connectivity index (χ2v) is 4.68. The number of carboxylic acid groups (broad SMARTS) is 1. The minimum atomic E-state index is -0.781. The third kappa shape index (κ3) is 3.22. The van der Waals surface area contributed by atoms with Crippen molar-refractivity contribution < 1.29 is 14.7 Å². The standard InChI is InChI=1S/C12H21NO3/c1-3-4-5-6-11(14)13-7-9(2)10(8-13)12(15)16/h9-10H,3-8H2,1-2H3,(H,15,16)/t9-,10-/m1/s1. The summed E-state index contributed by atoms with van der Waals surface area (Å²) in [7, 11) is 0. The Kier molecular flexibility index (Phi) is 4.77. The molecule has 1 saturated heterocycles. The summed E-state index contributed by atoms with van der Waals surface area (Å²) >= 11 is 0. The van der Waals surface area contributed by atoms with Crippen LogP contribution in [0.15, 0.2) is 0 Å². The van der Waals surface area contributed by atoms with E-state index in [9.17, 15) is 9.59 Å². The van der Waals surface area contributed by atoms with Gasteiger partial charge in [0.1, 0.15) is 0 Å². The van der Waals surface area contributed by atoms with Crippen molar-refractivity contribution in [2.24, 2.45) is 11.8 Å². The van der Waals surface area contributed by atoms with Crippen LogP contribution in [0.25, 0.3) is 0 Å². The fourth-order valence-electron chi connectivity index (χ4n) is 2.18. The topological polar surface area (TPSA) is 57.6 Å². The van der Waals surface area contributed by atoms with Crippen molar-refractivity contribution in [3.05, 3.63) is 0 Å². The lowest BCUT2D eigenvalue weighted by Crippen LogP contribution is -2.29. The van der Waals surface area contributed by atoms with Crippen LogP contribution < -0.4 is 0 Å². The molecule has 1 amide bonds. The van der Waals surface area contributed by atoms with Crippen LogP contribution in [0.4, 0.5) is 0 Å². The molecule has 4 nitrogen and oxygen atoms in total. The maximum Gasteiger partial charge on any atom is 0.308 e. The first-order valence-electron chi connectivity index (χ1n) is 6.06. The molecule has 4 heteroatoms. The molecule has 0 bridgehead atoms. The number of unbranched alkanes of at least 4 members (excludes halogenated alkanes) is 2. The summed E-state index contributed by atoms with van der Waals surface area (Å²) in [6.07, 6.45) is 3.64. The van der Waals surface area contributed by atoms with Crippen LogP contribution in [0.2, 0.25) is 0 Å². The number of hydrogen-bond acceptors (Lipinski definition) is 2. The molecule has 0 aliphatic carbocycles. The molecule has 2 atom stereocenters. The smallest absolute Gasteiger partial charge is 0.308 e. The zero-order valence-electron chi connectivity index (χ0n) is 10.1. The fourth-order valence-corrected chi connectivity index (χ4v) is 2.18. The highest BCUT2D eigenvalue weighted by Gasteiger charge is 2.36. The SMILES string of the molecule is CCCCCC(=O)N1C[C@@H](C)[C@H](C(=O)O)C1. The van der Waals surface area contributed by atoms with Gasteiger partial charge < -0.3 is 10.0 Å². The first kappa shape index (κ1) is 13.0. The molecule has 0 aromatic heterocycles. The maximum atomic E-state index is 11.8. The summed E-state index contributed by atoms with van der Waals surface area (Å²) in [5, 5.41) is 8.96. The van der Waals surface area contributed by atoms with Gasteiger partial charge in [0, 0.05) is 19.5 Å². The summed E-state index contributed by atoms with van der Waals surface area (Å²) in [6, 6.07) is 0. The number of aliphatic carboxylic acids is 1. The number of carbonyl (C=O) groups is 2. The van der Waals surface area contributed by atoms with Crippen molar-refractivity contribution >= 4 is 11.9 Å². The Bertz CT molecular complexity index is 265. The zero-order chi connectivity index (χ0) is 12.1. The van der Waals surface area contributed by atoms with Gasteiger partial charge in [0.15, 0.2) is 0 Å². The predicted molar refractivity (Wildman–Crippen MR) is 61.0 cm³/mol. The molecule has 1 aliphatic heterocycles. The Balaban J connectivity index is 2.39. The molecule has 1 heterocycles. The number of carbonyl (C=O) groups excluding carboxylic acids is 1. The molecule has 0 radical (unpaired) electrons. The Morgan fingerprint density at radius 3 is 2.50 bits per heavy atom. The van der Waals surface area contributed by atoms with Crippen LogP contribution in [0.3, 0.4) is 0 Å². The average molecular weight is 227 g/mol. The van der Waals surface area contributed by atoms with E-state index in [0.717, 1.165) is 19.3 Å². The molecule has 0 unspecified atom stereocenters. The number of likely N-dealkylation sites (tertiary alicyclic amines) is 1. The Hall–Kier alpha value is -1.06. The molecular formula is C12H21NO3. The summed E-state index contributed by atoms with van der Waals surface area (Å²) in [6.45, 7) is 4.99. The molecule has 0 aromatic rings. The first-order chi connectivity index (χ1) is 7.56. The van der Waals surface area contributed by atoms with E-state index < -0.39 is 5.97 Å². The van der Waals surface area contributed by atoms with Crippen molar-refractivity contribution in [2.75, 3.05) is 13.1 Å². The highest BCUT2D eigenvalue weighted by Crippen LogP contribution is 2.23. The van der Waals surface area contributed by atoms with Crippen LogP contribution in [-0.4, -0.2) is 35.0 Å². The molecule has 1 rings (SSSR count). The third-order valence-corrected chi connectivity index (χ3v) is 3.28. The molecule has 0 aromatic carbocycles. The van der Waals surface area contributed by atoms with Crippen LogP contribution in [0.5, 0.6) is 0 Å². The van der Waals surface area contributed by atoms with Crippen molar-refractivity contribution in [2.45, 2.75) is 39.5 Å². The summed E-state index contributed by atoms with van der Waals surface area (Å²) < 4.78 is 0. The van der Waals surface area contributed by atoms with E-state index in [1.54, 1.807) is 4.90 Å². The van der Waals surface area contributed by atoms with E-state index in [0.29, 0.717) is 19.5 Å². The van der Waals surface area contributed by atoms with Gasteiger partial charge in [-0.2, -0.15) is 0 Å². The Labute approximate surface area is 96.6 Å². The Morgan fingerprint density at radius 1 is 1.31 bits per heavy atom. The number of amides is 1. The van der Waals surface area contributed by atoms with Gasteiger partial charge in [-0.25, -0.2) is 0 Å². The molecule has 1 N–H and O–H groups in total. The van der Waals surface area contributed by atoms with Gasteiger partial charge in [-0.15, -0.1) is 0 Å². The molecular weight excluding hydrogens is 206 g/mol. The minimum absolute atomic E-state index is 0.0765. The molecule has 1 aliphatic rings. The van der Waals surface area contributed by atoms with E-state index in [-0.39, 0.29) is 17.7 Å². The average Bonchev–Trinajstić information content (AvgIpc) is 2.60. The number of nitrogens with zero attached hydrogens (tertiary/aromatic N) is 1. The minimum Gasteiger partial charge on any atom is -0.481 e. The molecule has 16 heavy (non-hydrogen) atoms. The summed E-state index contributed by atoms with van der Waals surface area (Å²) in [5.74, 6) is -0.969. The lowest BCUT2D eigenvalue weighted by molar-refractivity contribution is -0.142. The van der Waals surface area contributed by atoms with Crippen molar-refractivity contribution in [3.8, 4) is 0 Å². The van der Waals surface area contributed by atoms with Crippen LogP contribution in [-0.2, 0) is 9.59 Å². The van der Waals surface area contributed by atoms with E-state index in [4.69, 9.17) is 5.11 Å². The van der Waals surface area contributed by atoms with Gasteiger partial charge in [-0.1, -0.05) is 26.7 Å². The number of hydrogen-bond donors (Lipinski definition) is 1. The first-order valence-corrected chi connectivity index (χ1v) is 6.06. The molecule has 92 valence electrons. The molecule has 0 saturated carbocycles. The molecule has 0 spiro atoms. The van der Waals surface area contributed by atoms with Crippen LogP contribution in [0.1, 0.15) is 39.5 Å². The summed E-state index contributed by atoms with van der Waals surface area (Å²) in [5.41, 5.74) is 0. The van der Waals surface area contributed by atoms with E-state index in [1.807, 2.05) is 6.92 Å². The van der Waals surface area contributed by atoms with Crippen LogP contribution >= 0.6 is 0 Å². The number of rotatable bonds is 5. The van der Waals surface area contributed by atoms with Gasteiger partial charge in [0.2, 0.25) is 5.91 Å². The van der Waals surface area contributed by atoms with Gasteiger partial charge in [0.05, 0.1) is 5.92 Å². The van der Waals surface area contributed by atoms with E-state index in [1.165, 1.54) is 0 Å². The highest BCUT2D eigenvalue weighted by atomic mass is 16.4. The van der Waals surface area contributed by atoms with E-state index in [2.05, 4.69) is 6.92 Å². The third-order valence-electron chi connectivity index (χ3n) is 3.28. The predicted octanol–water partition coefficient (Wildman–Crippen LogP) is 1.75. The van der Waals surface area contributed by atoms with Crippen molar-refractivity contribution in [3.63, 3.8) is 0 Å². The van der Waals surface area contributed by atoms with Gasteiger partial charge in [-0.05, 0) is 12.3 Å². The normalized spacial score (nSPS) is 24.8. The van der Waals surface area contributed by atoms with Crippen molar-refractivity contribution in [1.82, 2.24) is 4.90 Å². The quantitative estimate of drug-likeness (QED) is 0.728. The van der Waals surface area contributed by atoms with Gasteiger partial charge >= 0.3 is 5.97 Å². The summed E-state index contributed by atoms with van der Waals surface area (Å²) in [4.78, 5) is 24.4. The monoisotopic (exact) mass is 227 g/mol. The second-order valence-electron chi connectivity index (χ2n) is 4.68. The zero-order valence-corrected chi connectivity index (χ0v) is 10.1. The fraction of sp³-hybridized carbons (Fsp3) is 0.833. The van der Waals surface area contributed by atoms with Crippen molar-refractivity contribution in [1.29, 1.82) is 0 Å². The lowest BCUT2D eigenvalue weighted by atomic mass is 9.99. The number of carboxylic acids is 1. The van der Waals surface area contributed by atoms with Gasteiger partial charge in [-0.3, -0.25) is 9.59 Å². The Morgan fingerprint density at radius 2 is 2.00 bits per heavy atom. The molecule has 1 fully saturated rings. The lowest BCUT2D eigenvalue weighted by Gasteiger charge is -2.15. The van der Waals surface area contributed by atoms with Gasteiger partial charge in [0.25, 0.3) is 0 Å². The van der Waals surface area contributed by atoms with E-state index >= 15 is 0 Å². The second kappa shape index (κ2) is 5.87. The highest BCUT2D eigenvalue weighted by molar-refractivity contribution is 5.78.